The van der Waals surface area contributed by atoms with Crippen LogP contribution in [0.5, 0.6) is 23.0 Å². The zero-order valence-electron chi connectivity index (χ0n) is 15.0. The molecule has 0 atom stereocenters. The van der Waals surface area contributed by atoms with Crippen LogP contribution in [0.3, 0.4) is 0 Å². The lowest BCUT2D eigenvalue weighted by Crippen LogP contribution is -1.98. The zero-order valence-corrected chi connectivity index (χ0v) is 15.0. The predicted molar refractivity (Wildman–Crippen MR) is 105 cm³/mol. The van der Waals surface area contributed by atoms with Crippen molar-refractivity contribution in [3.8, 4) is 23.0 Å². The van der Waals surface area contributed by atoms with Crippen molar-refractivity contribution in [2.75, 3.05) is 6.79 Å². The van der Waals surface area contributed by atoms with E-state index in [1.54, 1.807) is 30.3 Å². The van der Waals surface area contributed by atoms with E-state index in [0.29, 0.717) is 23.9 Å². The number of carbonyl (C=O) groups is 1. The molecule has 0 saturated heterocycles. The quantitative estimate of drug-likeness (QED) is 0.505. The summed E-state index contributed by atoms with van der Waals surface area (Å²) in [6.45, 7) is 0.589. The summed E-state index contributed by atoms with van der Waals surface area (Å²) in [5.74, 6) is 1.41. The average Bonchev–Trinajstić information content (AvgIpc) is 3.19. The normalized spacial score (nSPS) is 12.3. The van der Waals surface area contributed by atoms with E-state index in [1.165, 1.54) is 12.1 Å². The second-order valence-corrected chi connectivity index (χ2v) is 6.26. The van der Waals surface area contributed by atoms with Crippen molar-refractivity contribution < 1.29 is 24.1 Å². The number of fused-ring (bicyclic) bond motifs is 1. The van der Waals surface area contributed by atoms with Gasteiger partial charge in [0.1, 0.15) is 18.1 Å². The molecule has 0 aromatic heterocycles. The molecule has 1 heterocycles. The van der Waals surface area contributed by atoms with Gasteiger partial charge in [-0.3, -0.25) is 4.79 Å². The number of ketones is 1. The van der Waals surface area contributed by atoms with Crippen molar-refractivity contribution >= 4 is 11.9 Å². The second kappa shape index (κ2) is 7.88. The molecule has 0 aliphatic carbocycles. The number of benzene rings is 3. The summed E-state index contributed by atoms with van der Waals surface area (Å²) < 4.78 is 16.3. The van der Waals surface area contributed by atoms with Gasteiger partial charge in [0.15, 0.2) is 17.3 Å². The average molecular weight is 374 g/mol. The molecule has 0 saturated carbocycles. The van der Waals surface area contributed by atoms with Crippen LogP contribution in [0.2, 0.25) is 0 Å². The third-order valence-electron chi connectivity index (χ3n) is 4.31. The first-order valence-electron chi connectivity index (χ1n) is 8.81. The van der Waals surface area contributed by atoms with Gasteiger partial charge < -0.3 is 19.3 Å². The van der Waals surface area contributed by atoms with Crippen LogP contribution in [-0.2, 0) is 6.61 Å². The molecule has 0 bridgehead atoms. The molecule has 1 N–H and O–H groups in total. The standard InChI is InChI=1S/C23H18O5/c24-20(10-6-16-7-11-22-23(12-16)28-15-27-22)19-9-8-18(13-21(19)25)26-14-17-4-2-1-3-5-17/h1-13,25H,14-15H2/b10-6+. The second-order valence-electron chi connectivity index (χ2n) is 6.26. The molecule has 140 valence electrons. The third kappa shape index (κ3) is 3.99. The van der Waals surface area contributed by atoms with Crippen LogP contribution in [-0.4, -0.2) is 17.7 Å². The molecule has 0 fully saturated rings. The number of phenols is 1. The molecule has 4 rings (SSSR count). The molecule has 1 aliphatic rings. The molecule has 3 aromatic carbocycles. The van der Waals surface area contributed by atoms with Gasteiger partial charge in [-0.25, -0.2) is 0 Å². The molecular weight excluding hydrogens is 356 g/mol. The van der Waals surface area contributed by atoms with Gasteiger partial charge in [-0.1, -0.05) is 42.5 Å². The highest BCUT2D eigenvalue weighted by atomic mass is 16.7. The van der Waals surface area contributed by atoms with E-state index in [1.807, 2.05) is 36.4 Å². The molecule has 5 heteroatoms. The first-order chi connectivity index (χ1) is 13.7. The minimum absolute atomic E-state index is 0.120. The Morgan fingerprint density at radius 1 is 1.00 bits per heavy atom. The lowest BCUT2D eigenvalue weighted by Gasteiger charge is -2.08. The van der Waals surface area contributed by atoms with Gasteiger partial charge in [-0.2, -0.15) is 0 Å². The minimum atomic E-state index is -0.301. The fourth-order valence-corrected chi connectivity index (χ4v) is 2.83. The van der Waals surface area contributed by atoms with Crippen LogP contribution >= 0.6 is 0 Å². The van der Waals surface area contributed by atoms with E-state index in [2.05, 4.69) is 0 Å². The summed E-state index contributed by atoms with van der Waals surface area (Å²) in [6, 6.07) is 19.8. The van der Waals surface area contributed by atoms with Gasteiger partial charge in [0, 0.05) is 6.07 Å². The molecule has 0 radical (unpaired) electrons. The predicted octanol–water partition coefficient (Wildman–Crippen LogP) is 4.60. The summed E-state index contributed by atoms with van der Waals surface area (Å²) in [7, 11) is 0. The number of aromatic hydroxyl groups is 1. The molecule has 5 nitrogen and oxygen atoms in total. The number of ether oxygens (including phenoxy) is 3. The van der Waals surface area contributed by atoms with Gasteiger partial charge in [-0.15, -0.1) is 0 Å². The number of hydrogen-bond acceptors (Lipinski definition) is 5. The highest BCUT2D eigenvalue weighted by Crippen LogP contribution is 2.33. The Morgan fingerprint density at radius 2 is 1.82 bits per heavy atom. The van der Waals surface area contributed by atoms with E-state index in [4.69, 9.17) is 14.2 Å². The maximum Gasteiger partial charge on any atom is 0.231 e. The first-order valence-corrected chi connectivity index (χ1v) is 8.81. The Balaban J connectivity index is 1.42. The van der Waals surface area contributed by atoms with Gasteiger partial charge in [0.05, 0.1) is 5.56 Å². The number of allylic oxidation sites excluding steroid dienone is 1. The smallest absolute Gasteiger partial charge is 0.231 e. The maximum atomic E-state index is 12.4. The van der Waals surface area contributed by atoms with Crippen LogP contribution in [0, 0.1) is 0 Å². The van der Waals surface area contributed by atoms with Crippen LogP contribution in [0.1, 0.15) is 21.5 Å². The first kappa shape index (κ1) is 17.7. The van der Waals surface area contributed by atoms with E-state index < -0.39 is 0 Å². The summed E-state index contributed by atoms with van der Waals surface area (Å²) in [5.41, 5.74) is 2.04. The highest BCUT2D eigenvalue weighted by Gasteiger charge is 2.13. The van der Waals surface area contributed by atoms with Crippen molar-refractivity contribution in [2.45, 2.75) is 6.61 Å². The van der Waals surface area contributed by atoms with Crippen molar-refractivity contribution in [1.29, 1.82) is 0 Å². The minimum Gasteiger partial charge on any atom is -0.507 e. The summed E-state index contributed by atoms with van der Waals surface area (Å²) in [4.78, 5) is 12.4. The fraction of sp³-hybridized carbons (Fsp3) is 0.0870. The number of phenolic OH excluding ortho intramolecular Hbond substituents is 1. The molecule has 3 aromatic rings. The lowest BCUT2D eigenvalue weighted by atomic mass is 10.1. The SMILES string of the molecule is O=C(/C=C/c1ccc2c(c1)OCO2)c1ccc(OCc2ccccc2)cc1O. The Labute approximate surface area is 162 Å². The largest absolute Gasteiger partial charge is 0.507 e. The molecule has 0 spiro atoms. The number of hydrogen-bond donors (Lipinski definition) is 1. The number of carbonyl (C=O) groups excluding carboxylic acids is 1. The van der Waals surface area contributed by atoms with Gasteiger partial charge in [0.25, 0.3) is 0 Å². The molecule has 0 amide bonds. The van der Waals surface area contributed by atoms with Crippen molar-refractivity contribution in [2.24, 2.45) is 0 Å². The van der Waals surface area contributed by atoms with Crippen LogP contribution in [0.15, 0.2) is 72.8 Å². The van der Waals surface area contributed by atoms with Crippen LogP contribution < -0.4 is 14.2 Å². The molecular formula is C23H18O5. The summed E-state index contributed by atoms with van der Waals surface area (Å²) >= 11 is 0. The summed E-state index contributed by atoms with van der Waals surface area (Å²) in [6.07, 6.45) is 3.08. The van der Waals surface area contributed by atoms with Crippen molar-refractivity contribution in [3.05, 3.63) is 89.5 Å². The van der Waals surface area contributed by atoms with Crippen LogP contribution in [0.25, 0.3) is 6.08 Å². The van der Waals surface area contributed by atoms with Crippen molar-refractivity contribution in [3.63, 3.8) is 0 Å². The Hall–Kier alpha value is -3.73. The molecule has 1 aliphatic heterocycles. The summed E-state index contributed by atoms with van der Waals surface area (Å²) in [5, 5.41) is 10.2. The Kier molecular flexibility index (Phi) is 4.97. The lowest BCUT2D eigenvalue weighted by molar-refractivity contribution is 0.104. The monoisotopic (exact) mass is 374 g/mol. The molecule has 28 heavy (non-hydrogen) atoms. The van der Waals surface area contributed by atoms with Gasteiger partial charge in [0.2, 0.25) is 6.79 Å². The van der Waals surface area contributed by atoms with E-state index in [-0.39, 0.29) is 23.9 Å². The zero-order chi connectivity index (χ0) is 19.3. The Bertz CT molecular complexity index is 1020. The van der Waals surface area contributed by atoms with E-state index in [0.717, 1.165) is 11.1 Å². The molecule has 0 unspecified atom stereocenters. The van der Waals surface area contributed by atoms with Crippen LogP contribution in [0.4, 0.5) is 0 Å². The third-order valence-corrected chi connectivity index (χ3v) is 4.31. The fourth-order valence-electron chi connectivity index (χ4n) is 2.83. The van der Waals surface area contributed by atoms with Gasteiger partial charge in [-0.05, 0) is 41.5 Å². The maximum absolute atomic E-state index is 12.4. The number of rotatable bonds is 6. The highest BCUT2D eigenvalue weighted by molar-refractivity contribution is 6.08. The van der Waals surface area contributed by atoms with Gasteiger partial charge >= 0.3 is 0 Å². The van der Waals surface area contributed by atoms with E-state index in [9.17, 15) is 9.90 Å². The topological polar surface area (TPSA) is 65.0 Å². The Morgan fingerprint density at radius 3 is 2.64 bits per heavy atom. The van der Waals surface area contributed by atoms with Crippen molar-refractivity contribution in [1.82, 2.24) is 0 Å². The van der Waals surface area contributed by atoms with E-state index >= 15 is 0 Å².